The van der Waals surface area contributed by atoms with Gasteiger partial charge in [-0.1, -0.05) is 27.2 Å². The molecule has 2 amide bonds. The Labute approximate surface area is 129 Å². The number of urea groups is 1. The van der Waals surface area contributed by atoms with Crippen molar-refractivity contribution < 1.29 is 14.7 Å². The molecular formula is C14H23N3O3S. The van der Waals surface area contributed by atoms with E-state index in [0.29, 0.717) is 18.1 Å². The van der Waals surface area contributed by atoms with Crippen LogP contribution in [-0.4, -0.2) is 28.6 Å². The van der Waals surface area contributed by atoms with Crippen molar-refractivity contribution in [1.29, 1.82) is 0 Å². The topological polar surface area (TPSA) is 91.3 Å². The lowest BCUT2D eigenvalue weighted by molar-refractivity contribution is -0.137. The molecule has 0 saturated carbocycles. The zero-order valence-corrected chi connectivity index (χ0v) is 13.5. The highest BCUT2D eigenvalue weighted by molar-refractivity contribution is 7.13. The highest BCUT2D eigenvalue weighted by Gasteiger charge is 2.17. The van der Waals surface area contributed by atoms with Crippen LogP contribution in [0.4, 0.5) is 9.93 Å². The van der Waals surface area contributed by atoms with Crippen molar-refractivity contribution in [2.75, 3.05) is 11.9 Å². The summed E-state index contributed by atoms with van der Waals surface area (Å²) in [6, 6.07) is -0.275. The molecular weight excluding hydrogens is 290 g/mol. The molecule has 0 aliphatic carbocycles. The summed E-state index contributed by atoms with van der Waals surface area (Å²) < 4.78 is 0. The molecule has 6 nitrogen and oxygen atoms in total. The summed E-state index contributed by atoms with van der Waals surface area (Å²) in [6.45, 7) is 6.75. The molecule has 118 valence electrons. The Balaban J connectivity index is 2.22. The quantitative estimate of drug-likeness (QED) is 0.674. The van der Waals surface area contributed by atoms with E-state index in [9.17, 15) is 9.59 Å². The molecule has 7 heteroatoms. The first kappa shape index (κ1) is 17.4. The van der Waals surface area contributed by atoms with Crippen LogP contribution < -0.4 is 10.6 Å². The fraction of sp³-hybridized carbons (Fsp3) is 0.643. The van der Waals surface area contributed by atoms with Crippen molar-refractivity contribution in [1.82, 2.24) is 10.3 Å². The summed E-state index contributed by atoms with van der Waals surface area (Å²) in [5, 5.41) is 16.5. The van der Waals surface area contributed by atoms with Gasteiger partial charge in [0.25, 0.3) is 0 Å². The number of unbranched alkanes of at least 4 members (excludes halogenated alkanes) is 2. The Hall–Kier alpha value is -1.63. The van der Waals surface area contributed by atoms with Crippen molar-refractivity contribution in [3.63, 3.8) is 0 Å². The van der Waals surface area contributed by atoms with Crippen LogP contribution in [0.2, 0.25) is 0 Å². The molecule has 0 spiro atoms. The van der Waals surface area contributed by atoms with Gasteiger partial charge in [0, 0.05) is 23.8 Å². The smallest absolute Gasteiger partial charge is 0.321 e. The zero-order valence-electron chi connectivity index (χ0n) is 12.7. The van der Waals surface area contributed by atoms with Crippen molar-refractivity contribution in [3.8, 4) is 0 Å². The fourth-order valence-electron chi connectivity index (χ4n) is 1.60. The molecule has 3 N–H and O–H groups in total. The summed E-state index contributed by atoms with van der Waals surface area (Å²) in [5.74, 6) is -0.779. The Morgan fingerprint density at radius 3 is 2.57 bits per heavy atom. The van der Waals surface area contributed by atoms with Crippen molar-refractivity contribution in [2.24, 2.45) is 0 Å². The molecule has 21 heavy (non-hydrogen) atoms. The highest BCUT2D eigenvalue weighted by atomic mass is 32.1. The third-order valence-electron chi connectivity index (χ3n) is 2.85. The van der Waals surface area contributed by atoms with E-state index in [1.54, 1.807) is 0 Å². The van der Waals surface area contributed by atoms with Gasteiger partial charge in [0.2, 0.25) is 0 Å². The number of nitrogens with one attached hydrogen (secondary N) is 2. The minimum absolute atomic E-state index is 0.0307. The summed E-state index contributed by atoms with van der Waals surface area (Å²) in [5.41, 5.74) is 0.924. The Morgan fingerprint density at radius 2 is 2.00 bits per heavy atom. The lowest BCUT2D eigenvalue weighted by Crippen LogP contribution is -2.29. The number of amides is 2. The van der Waals surface area contributed by atoms with E-state index in [4.69, 9.17) is 5.11 Å². The van der Waals surface area contributed by atoms with Crippen molar-refractivity contribution in [2.45, 2.75) is 51.9 Å². The molecule has 0 unspecified atom stereocenters. The molecule has 0 bridgehead atoms. The van der Waals surface area contributed by atoms with E-state index < -0.39 is 5.97 Å². The maximum atomic E-state index is 11.7. The highest BCUT2D eigenvalue weighted by Crippen LogP contribution is 2.26. The Morgan fingerprint density at radius 1 is 1.29 bits per heavy atom. The molecule has 1 aromatic heterocycles. The second kappa shape index (κ2) is 7.97. The predicted octanol–water partition coefficient (Wildman–Crippen LogP) is 3.21. The lowest BCUT2D eigenvalue weighted by Gasteiger charge is -2.14. The minimum atomic E-state index is -0.779. The van der Waals surface area contributed by atoms with Gasteiger partial charge in [-0.2, -0.15) is 0 Å². The maximum Gasteiger partial charge on any atom is 0.321 e. The summed E-state index contributed by atoms with van der Waals surface area (Å²) in [4.78, 5) is 26.4. The molecule has 0 aromatic carbocycles. The molecule has 0 aliphatic rings. The Kier molecular flexibility index (Phi) is 6.61. The molecule has 0 atom stereocenters. The van der Waals surface area contributed by atoms with E-state index in [1.807, 2.05) is 5.38 Å². The number of carboxylic acids is 1. The third-order valence-corrected chi connectivity index (χ3v) is 3.60. The molecule has 0 aliphatic heterocycles. The number of hydrogen-bond donors (Lipinski definition) is 3. The number of thiazole rings is 1. The minimum Gasteiger partial charge on any atom is -0.481 e. The monoisotopic (exact) mass is 313 g/mol. The number of aliphatic carboxylic acids is 1. The van der Waals surface area contributed by atoms with E-state index in [-0.39, 0.29) is 17.9 Å². The largest absolute Gasteiger partial charge is 0.481 e. The van der Waals surface area contributed by atoms with Crippen LogP contribution in [0.3, 0.4) is 0 Å². The summed E-state index contributed by atoms with van der Waals surface area (Å²) in [7, 11) is 0. The van der Waals surface area contributed by atoms with Gasteiger partial charge in [0.15, 0.2) is 5.13 Å². The van der Waals surface area contributed by atoms with Crippen LogP contribution in [0, 0.1) is 0 Å². The summed E-state index contributed by atoms with van der Waals surface area (Å²) >= 11 is 1.41. The van der Waals surface area contributed by atoms with E-state index in [1.165, 1.54) is 11.3 Å². The van der Waals surface area contributed by atoms with Crippen LogP contribution in [0.1, 0.15) is 52.1 Å². The molecule has 1 rings (SSSR count). The normalized spacial score (nSPS) is 11.2. The number of nitrogens with zero attached hydrogens (tertiary/aromatic N) is 1. The number of carboxylic acid groups (broad SMARTS) is 1. The molecule has 1 heterocycles. The molecule has 1 aromatic rings. The number of aromatic nitrogens is 1. The number of anilines is 1. The van der Waals surface area contributed by atoms with Crippen LogP contribution in [0.15, 0.2) is 5.38 Å². The second-order valence-electron chi connectivity index (χ2n) is 5.87. The first-order valence-corrected chi connectivity index (χ1v) is 7.89. The van der Waals surface area contributed by atoms with Crippen LogP contribution >= 0.6 is 11.3 Å². The number of carbonyl (C=O) groups excluding carboxylic acids is 1. The van der Waals surface area contributed by atoms with Crippen LogP contribution in [0.25, 0.3) is 0 Å². The average Bonchev–Trinajstić information content (AvgIpc) is 2.81. The van der Waals surface area contributed by atoms with Gasteiger partial charge >= 0.3 is 12.0 Å². The van der Waals surface area contributed by atoms with Gasteiger partial charge in [0.1, 0.15) is 0 Å². The number of hydrogen-bond acceptors (Lipinski definition) is 4. The van der Waals surface area contributed by atoms with Gasteiger partial charge in [-0.15, -0.1) is 11.3 Å². The second-order valence-corrected chi connectivity index (χ2v) is 6.73. The molecule has 0 fully saturated rings. The molecule has 0 saturated heterocycles. The number of carbonyl (C=O) groups is 2. The van der Waals surface area contributed by atoms with Gasteiger partial charge in [-0.05, 0) is 12.8 Å². The van der Waals surface area contributed by atoms with Crippen molar-refractivity contribution in [3.05, 3.63) is 11.1 Å². The first-order chi connectivity index (χ1) is 9.79. The SMILES string of the molecule is CC(C)(C)c1csc(NC(=O)NCCCCCC(=O)O)n1. The lowest BCUT2D eigenvalue weighted by atomic mass is 9.93. The third kappa shape index (κ3) is 7.08. The number of rotatable bonds is 7. The van der Waals surface area contributed by atoms with Gasteiger partial charge in [-0.3, -0.25) is 10.1 Å². The summed E-state index contributed by atoms with van der Waals surface area (Å²) in [6.07, 6.45) is 2.38. The van der Waals surface area contributed by atoms with Gasteiger partial charge in [-0.25, -0.2) is 9.78 Å². The van der Waals surface area contributed by atoms with Crippen LogP contribution in [0.5, 0.6) is 0 Å². The van der Waals surface area contributed by atoms with Crippen molar-refractivity contribution >= 4 is 28.5 Å². The maximum absolute atomic E-state index is 11.7. The average molecular weight is 313 g/mol. The fourth-order valence-corrected chi connectivity index (χ4v) is 2.53. The zero-order chi connectivity index (χ0) is 15.9. The van der Waals surface area contributed by atoms with E-state index in [2.05, 4.69) is 36.4 Å². The van der Waals surface area contributed by atoms with E-state index in [0.717, 1.165) is 18.5 Å². The van der Waals surface area contributed by atoms with Gasteiger partial charge in [0.05, 0.1) is 5.69 Å². The predicted molar refractivity (Wildman–Crippen MR) is 83.9 cm³/mol. The van der Waals surface area contributed by atoms with Crippen LogP contribution in [-0.2, 0) is 10.2 Å². The van der Waals surface area contributed by atoms with Gasteiger partial charge < -0.3 is 10.4 Å². The first-order valence-electron chi connectivity index (χ1n) is 7.01. The van der Waals surface area contributed by atoms with E-state index >= 15 is 0 Å². The molecule has 0 radical (unpaired) electrons. The standard InChI is InChI=1S/C14H23N3O3S/c1-14(2,3)10-9-21-13(16-10)17-12(20)15-8-6-4-5-7-11(18)19/h9H,4-8H2,1-3H3,(H,18,19)(H2,15,16,17,20). The Bertz CT molecular complexity index is 480.